The van der Waals surface area contributed by atoms with Crippen LogP contribution < -0.4 is 4.74 Å². The van der Waals surface area contributed by atoms with Gasteiger partial charge in [-0.1, -0.05) is 52.8 Å². The highest BCUT2D eigenvalue weighted by Crippen LogP contribution is 2.27. The van der Waals surface area contributed by atoms with Crippen molar-refractivity contribution in [3.8, 4) is 28.7 Å². The van der Waals surface area contributed by atoms with Gasteiger partial charge in [-0.05, 0) is 18.6 Å². The van der Waals surface area contributed by atoms with Gasteiger partial charge in [0.2, 0.25) is 5.82 Å². The molecule has 1 saturated heterocycles. The third-order valence-corrected chi connectivity index (χ3v) is 5.35. The van der Waals surface area contributed by atoms with Crippen LogP contribution in [0.15, 0.2) is 65.3 Å². The maximum Gasteiger partial charge on any atom is 0.280 e. The zero-order chi connectivity index (χ0) is 21.2. The molecule has 0 N–H and O–H groups in total. The predicted octanol–water partition coefficient (Wildman–Crippen LogP) is 3.09. The van der Waals surface area contributed by atoms with E-state index in [2.05, 4.69) is 20.5 Å². The largest absolute Gasteiger partial charge is 0.496 e. The monoisotopic (exact) mass is 416 g/mol. The summed E-state index contributed by atoms with van der Waals surface area (Å²) in [5.41, 5.74) is 1.93. The summed E-state index contributed by atoms with van der Waals surface area (Å²) >= 11 is 0. The van der Waals surface area contributed by atoms with Gasteiger partial charge in [-0.2, -0.15) is 4.98 Å². The molecule has 0 aliphatic carbocycles. The number of ether oxygens (including phenoxy) is 1. The van der Waals surface area contributed by atoms with Gasteiger partial charge in [0.05, 0.1) is 24.9 Å². The van der Waals surface area contributed by atoms with Crippen molar-refractivity contribution >= 4 is 5.91 Å². The van der Waals surface area contributed by atoms with Crippen molar-refractivity contribution in [3.63, 3.8) is 0 Å². The van der Waals surface area contributed by atoms with Crippen molar-refractivity contribution in [3.05, 3.63) is 66.4 Å². The third-order valence-electron chi connectivity index (χ3n) is 5.35. The summed E-state index contributed by atoms with van der Waals surface area (Å²) in [6.07, 6.45) is 2.56. The fourth-order valence-electron chi connectivity index (χ4n) is 3.72. The fourth-order valence-corrected chi connectivity index (χ4v) is 3.72. The minimum Gasteiger partial charge on any atom is -0.496 e. The first kappa shape index (κ1) is 19.0. The summed E-state index contributed by atoms with van der Waals surface area (Å²) in [6, 6.07) is 16.9. The molecule has 5 rings (SSSR count). The number of benzene rings is 2. The summed E-state index contributed by atoms with van der Waals surface area (Å²) in [5.74, 6) is 1.33. The number of methoxy groups -OCH3 is 1. The topological polar surface area (TPSA) is 99.2 Å². The molecule has 1 amide bonds. The maximum atomic E-state index is 12.9. The summed E-state index contributed by atoms with van der Waals surface area (Å²) in [6.45, 7) is 1.17. The van der Waals surface area contributed by atoms with Crippen LogP contribution >= 0.6 is 0 Å². The van der Waals surface area contributed by atoms with Crippen LogP contribution in [-0.2, 0) is 0 Å². The lowest BCUT2D eigenvalue weighted by molar-refractivity contribution is 0.0783. The molecule has 1 aliphatic rings. The highest BCUT2D eigenvalue weighted by Gasteiger charge is 2.30. The number of nitrogens with zero attached hydrogens (tertiary/aromatic N) is 6. The van der Waals surface area contributed by atoms with Crippen LogP contribution in [0.1, 0.15) is 22.8 Å². The van der Waals surface area contributed by atoms with E-state index in [0.29, 0.717) is 41.8 Å². The second-order valence-electron chi connectivity index (χ2n) is 7.27. The maximum absolute atomic E-state index is 12.9. The van der Waals surface area contributed by atoms with Crippen LogP contribution in [0.5, 0.6) is 5.75 Å². The van der Waals surface area contributed by atoms with Crippen molar-refractivity contribution < 1.29 is 14.1 Å². The number of likely N-dealkylation sites (tertiary alicyclic amines) is 1. The number of para-hydroxylation sites is 1. The molecule has 9 heteroatoms. The van der Waals surface area contributed by atoms with Crippen LogP contribution in [0.25, 0.3) is 23.0 Å². The Hall–Kier alpha value is -4.01. The average molecular weight is 416 g/mol. The van der Waals surface area contributed by atoms with E-state index in [0.717, 1.165) is 12.0 Å². The third kappa shape index (κ3) is 3.65. The lowest BCUT2D eigenvalue weighted by Gasteiger charge is -2.18. The van der Waals surface area contributed by atoms with Crippen LogP contribution in [-0.4, -0.2) is 56.1 Å². The molecular weight excluding hydrogens is 396 g/mol. The summed E-state index contributed by atoms with van der Waals surface area (Å²) in [5, 5.41) is 12.4. The van der Waals surface area contributed by atoms with Crippen LogP contribution in [0.3, 0.4) is 0 Å². The summed E-state index contributed by atoms with van der Waals surface area (Å²) < 4.78 is 12.5. The van der Waals surface area contributed by atoms with Crippen LogP contribution in [0.2, 0.25) is 0 Å². The first-order chi connectivity index (χ1) is 15.2. The molecule has 0 unspecified atom stereocenters. The predicted molar refractivity (Wildman–Crippen MR) is 111 cm³/mol. The molecular formula is C22H20N6O3. The molecule has 9 nitrogen and oxygen atoms in total. The molecule has 2 aromatic carbocycles. The normalized spacial score (nSPS) is 15.9. The van der Waals surface area contributed by atoms with Crippen molar-refractivity contribution in [1.29, 1.82) is 0 Å². The van der Waals surface area contributed by atoms with E-state index in [1.54, 1.807) is 30.1 Å². The lowest BCUT2D eigenvalue weighted by atomic mass is 10.2. The van der Waals surface area contributed by atoms with Gasteiger partial charge < -0.3 is 14.2 Å². The molecule has 1 aliphatic heterocycles. The Morgan fingerprint density at radius 2 is 1.94 bits per heavy atom. The Labute approximate surface area is 178 Å². The zero-order valence-electron chi connectivity index (χ0n) is 16.9. The molecule has 0 saturated carbocycles. The van der Waals surface area contributed by atoms with Gasteiger partial charge in [0.15, 0.2) is 5.69 Å². The standard InChI is InChI=1S/C22H20N6O3/c1-30-19-10-6-5-9-17(19)22(29)27-12-11-16(13-27)28-14-18(24-26-28)21-23-20(25-31-21)15-7-3-2-4-8-15/h2-10,14,16H,11-13H2,1H3/t16-/m0/s1. The number of carbonyl (C=O) groups excluding carboxylic acids is 1. The van der Waals surface area contributed by atoms with Crippen molar-refractivity contribution in [2.75, 3.05) is 20.2 Å². The Morgan fingerprint density at radius 3 is 2.77 bits per heavy atom. The number of hydrogen-bond donors (Lipinski definition) is 0. The highest BCUT2D eigenvalue weighted by molar-refractivity contribution is 5.97. The number of rotatable bonds is 5. The van der Waals surface area contributed by atoms with E-state index in [1.807, 2.05) is 47.4 Å². The first-order valence-electron chi connectivity index (χ1n) is 9.96. The van der Waals surface area contributed by atoms with Gasteiger partial charge in [0, 0.05) is 18.7 Å². The molecule has 0 bridgehead atoms. The SMILES string of the molecule is COc1ccccc1C(=O)N1CC[C@H](n2cc(-c3nc(-c4ccccc4)no3)nn2)C1. The number of carbonyl (C=O) groups is 1. The number of aromatic nitrogens is 5. The van der Waals surface area contributed by atoms with Gasteiger partial charge in [-0.3, -0.25) is 4.79 Å². The van der Waals surface area contributed by atoms with E-state index < -0.39 is 0 Å². The van der Waals surface area contributed by atoms with Gasteiger partial charge in [-0.25, -0.2) is 4.68 Å². The van der Waals surface area contributed by atoms with E-state index in [9.17, 15) is 4.79 Å². The molecule has 1 fully saturated rings. The molecule has 4 aromatic rings. The molecule has 0 spiro atoms. The van der Waals surface area contributed by atoms with Crippen LogP contribution in [0, 0.1) is 0 Å². The quantitative estimate of drug-likeness (QED) is 0.493. The molecule has 31 heavy (non-hydrogen) atoms. The number of hydrogen-bond acceptors (Lipinski definition) is 7. The number of amides is 1. The van der Waals surface area contributed by atoms with E-state index in [1.165, 1.54) is 0 Å². The minimum absolute atomic E-state index is 0.0245. The van der Waals surface area contributed by atoms with Gasteiger partial charge >= 0.3 is 0 Å². The van der Waals surface area contributed by atoms with Crippen molar-refractivity contribution in [2.45, 2.75) is 12.5 Å². The molecule has 3 heterocycles. The Balaban J connectivity index is 1.30. The summed E-state index contributed by atoms with van der Waals surface area (Å²) in [4.78, 5) is 19.2. The average Bonchev–Trinajstić information content (AvgIpc) is 3.59. The van der Waals surface area contributed by atoms with Gasteiger partial charge in [-0.15, -0.1) is 5.10 Å². The molecule has 0 radical (unpaired) electrons. The molecule has 156 valence electrons. The van der Waals surface area contributed by atoms with E-state index in [4.69, 9.17) is 9.26 Å². The highest BCUT2D eigenvalue weighted by atomic mass is 16.5. The Morgan fingerprint density at radius 1 is 1.13 bits per heavy atom. The van der Waals surface area contributed by atoms with Crippen molar-refractivity contribution in [1.82, 2.24) is 30.0 Å². The molecule has 2 aromatic heterocycles. The van der Waals surface area contributed by atoms with E-state index in [-0.39, 0.29) is 11.9 Å². The zero-order valence-corrected chi connectivity index (χ0v) is 16.9. The smallest absolute Gasteiger partial charge is 0.280 e. The second-order valence-corrected chi connectivity index (χ2v) is 7.27. The van der Waals surface area contributed by atoms with Crippen LogP contribution in [0.4, 0.5) is 0 Å². The first-order valence-corrected chi connectivity index (χ1v) is 9.96. The van der Waals surface area contributed by atoms with Crippen molar-refractivity contribution in [2.24, 2.45) is 0 Å². The molecule has 1 atom stereocenters. The van der Waals surface area contributed by atoms with Gasteiger partial charge in [0.1, 0.15) is 5.75 Å². The minimum atomic E-state index is -0.0512. The van der Waals surface area contributed by atoms with Gasteiger partial charge in [0.25, 0.3) is 11.8 Å². The second kappa shape index (κ2) is 8.02. The Bertz CT molecular complexity index is 1200. The van der Waals surface area contributed by atoms with E-state index >= 15 is 0 Å². The Kier molecular flexibility index (Phi) is 4.91. The fraction of sp³-hybridized carbons (Fsp3) is 0.227. The summed E-state index contributed by atoms with van der Waals surface area (Å²) in [7, 11) is 1.57. The lowest BCUT2D eigenvalue weighted by Crippen LogP contribution is -2.29.